The van der Waals surface area contributed by atoms with Crippen LogP contribution in [0, 0.1) is 0 Å². The van der Waals surface area contributed by atoms with Gasteiger partial charge in [0.15, 0.2) is 17.7 Å². The molecule has 0 spiro atoms. The Morgan fingerprint density at radius 1 is 1.26 bits per heavy atom. The van der Waals surface area contributed by atoms with E-state index in [9.17, 15) is 20.4 Å². The summed E-state index contributed by atoms with van der Waals surface area (Å²) in [6.07, 6.45) is -2.74. The lowest BCUT2D eigenvalue weighted by Crippen LogP contribution is -2.56. The highest BCUT2D eigenvalue weighted by molar-refractivity contribution is 6.47. The van der Waals surface area contributed by atoms with E-state index in [1.165, 1.54) is 6.34 Å². The van der Waals surface area contributed by atoms with Gasteiger partial charge < -0.3 is 35.8 Å². The van der Waals surface area contributed by atoms with Crippen molar-refractivity contribution in [3.05, 3.63) is 29.8 Å². The third-order valence-corrected chi connectivity index (χ3v) is 5.02. The second kappa shape index (κ2) is 6.66. The molecule has 1 fully saturated rings. The molecule has 0 bridgehead atoms. The van der Waals surface area contributed by atoms with Gasteiger partial charge in [-0.2, -0.15) is 0 Å². The summed E-state index contributed by atoms with van der Waals surface area (Å²) in [5.41, 5.74) is 6.27. The van der Waals surface area contributed by atoms with Crippen LogP contribution >= 0.6 is 0 Å². The highest BCUT2D eigenvalue weighted by atomic mass is 16.6. The molecule has 10 heteroatoms. The average molecular weight is 375 g/mol. The SMILES string of the molecule is NC1(Cc2ccccc2O)N=CN=C2C1=NCN2[C@@H]1O[C@H](CO)[C@@H](O)[C@H]1O. The van der Waals surface area contributed by atoms with Crippen LogP contribution in [0.25, 0.3) is 0 Å². The minimum atomic E-state index is -1.23. The lowest BCUT2D eigenvalue weighted by molar-refractivity contribution is -0.0688. The molecule has 5 atom stereocenters. The number of aliphatic hydroxyl groups excluding tert-OH is 3. The molecule has 0 amide bonds. The Kier molecular flexibility index (Phi) is 4.44. The number of benzene rings is 1. The zero-order chi connectivity index (χ0) is 19.2. The Balaban J connectivity index is 1.58. The summed E-state index contributed by atoms with van der Waals surface area (Å²) < 4.78 is 5.57. The minimum Gasteiger partial charge on any atom is -0.508 e. The number of aliphatic hydroxyl groups is 3. The molecule has 10 nitrogen and oxygen atoms in total. The van der Waals surface area contributed by atoms with Gasteiger partial charge in [0.1, 0.15) is 42.8 Å². The summed E-state index contributed by atoms with van der Waals surface area (Å²) in [5, 5.41) is 39.6. The second-order valence-electron chi connectivity index (χ2n) is 6.77. The van der Waals surface area contributed by atoms with Gasteiger partial charge in [0.25, 0.3) is 0 Å². The first kappa shape index (κ1) is 18.0. The highest BCUT2D eigenvalue weighted by Crippen LogP contribution is 2.31. The van der Waals surface area contributed by atoms with Crippen LogP contribution in [0.15, 0.2) is 39.2 Å². The number of ether oxygens (including phenoxy) is 1. The lowest BCUT2D eigenvalue weighted by atomic mass is 9.94. The quantitative estimate of drug-likeness (QED) is 0.415. The number of nitrogens with two attached hydrogens (primary N) is 1. The molecule has 3 aliphatic heterocycles. The van der Waals surface area contributed by atoms with E-state index in [1.54, 1.807) is 29.2 Å². The Hall–Kier alpha value is -2.37. The zero-order valence-corrected chi connectivity index (χ0v) is 14.4. The van der Waals surface area contributed by atoms with Gasteiger partial charge in [0.05, 0.1) is 6.61 Å². The van der Waals surface area contributed by atoms with Crippen LogP contribution < -0.4 is 5.73 Å². The van der Waals surface area contributed by atoms with Crippen molar-refractivity contribution in [2.24, 2.45) is 20.7 Å². The van der Waals surface area contributed by atoms with Gasteiger partial charge in [-0.3, -0.25) is 4.99 Å². The summed E-state index contributed by atoms with van der Waals surface area (Å²) in [4.78, 5) is 14.5. The van der Waals surface area contributed by atoms with Gasteiger partial charge in [0.2, 0.25) is 0 Å². The number of hydrogen-bond donors (Lipinski definition) is 5. The van der Waals surface area contributed by atoms with Crippen molar-refractivity contribution in [2.45, 2.75) is 36.6 Å². The fourth-order valence-corrected chi connectivity index (χ4v) is 3.55. The Labute approximate surface area is 155 Å². The number of nitrogens with zero attached hydrogens (tertiary/aromatic N) is 4. The molecule has 1 unspecified atom stereocenters. The molecule has 3 aliphatic rings. The van der Waals surface area contributed by atoms with Gasteiger partial charge in [-0.25, -0.2) is 9.98 Å². The molecule has 4 rings (SSSR count). The third kappa shape index (κ3) is 2.91. The summed E-state index contributed by atoms with van der Waals surface area (Å²) in [5.74, 6) is 0.498. The molecule has 1 aromatic rings. The van der Waals surface area contributed by atoms with Gasteiger partial charge >= 0.3 is 0 Å². The van der Waals surface area contributed by atoms with Gasteiger partial charge in [-0.15, -0.1) is 0 Å². The van der Waals surface area contributed by atoms with E-state index in [4.69, 9.17) is 10.5 Å². The molecule has 27 heavy (non-hydrogen) atoms. The van der Waals surface area contributed by atoms with Crippen molar-refractivity contribution >= 4 is 17.9 Å². The van der Waals surface area contributed by atoms with Crippen molar-refractivity contribution < 1.29 is 25.2 Å². The fraction of sp³-hybridized carbons (Fsp3) is 0.471. The van der Waals surface area contributed by atoms with Gasteiger partial charge in [-0.1, -0.05) is 18.2 Å². The van der Waals surface area contributed by atoms with Crippen LogP contribution in [0.2, 0.25) is 0 Å². The Morgan fingerprint density at radius 2 is 2.04 bits per heavy atom. The lowest BCUT2D eigenvalue weighted by Gasteiger charge is -2.32. The monoisotopic (exact) mass is 375 g/mol. The minimum absolute atomic E-state index is 0.112. The van der Waals surface area contributed by atoms with E-state index < -0.39 is 36.8 Å². The number of para-hydroxylation sites is 1. The maximum atomic E-state index is 10.3. The Morgan fingerprint density at radius 3 is 2.74 bits per heavy atom. The zero-order valence-electron chi connectivity index (χ0n) is 14.4. The smallest absolute Gasteiger partial charge is 0.162 e. The first-order valence-corrected chi connectivity index (χ1v) is 8.56. The number of hydrogen-bond acceptors (Lipinski definition) is 10. The van der Waals surface area contributed by atoms with Crippen LogP contribution in [-0.2, 0) is 11.2 Å². The van der Waals surface area contributed by atoms with Crippen LogP contribution in [-0.4, -0.2) is 86.7 Å². The molecule has 0 radical (unpaired) electrons. The van der Waals surface area contributed by atoms with Crippen molar-refractivity contribution in [2.75, 3.05) is 13.3 Å². The summed E-state index contributed by atoms with van der Waals surface area (Å²) in [6, 6.07) is 6.84. The molecule has 144 valence electrons. The number of phenols is 1. The summed E-state index contributed by atoms with van der Waals surface area (Å²) in [7, 11) is 0. The molecule has 0 aliphatic carbocycles. The Bertz CT molecular complexity index is 828. The maximum Gasteiger partial charge on any atom is 0.162 e. The molecular weight excluding hydrogens is 354 g/mol. The third-order valence-electron chi connectivity index (χ3n) is 5.02. The van der Waals surface area contributed by atoms with E-state index in [1.807, 2.05) is 0 Å². The standard InChI is InChI=1S/C17H21N5O5/c18-17(5-9-3-1-2-4-10(9)24)14-15(19-7-21-17)22(8-20-14)16-13(26)12(25)11(6-23)27-16/h1-4,7,11-13,16,23-26H,5-6,8,18H2/t11-,12-,13-,16-,17?/m1/s1. The number of phenolic OH excluding ortho intramolecular Hbond substituents is 1. The van der Waals surface area contributed by atoms with Crippen LogP contribution in [0.5, 0.6) is 5.75 Å². The molecule has 6 N–H and O–H groups in total. The molecule has 1 aromatic carbocycles. The molecule has 3 heterocycles. The van der Waals surface area contributed by atoms with Crippen molar-refractivity contribution in [3.63, 3.8) is 0 Å². The van der Waals surface area contributed by atoms with Crippen LogP contribution in [0.4, 0.5) is 0 Å². The predicted molar refractivity (Wildman–Crippen MR) is 96.6 cm³/mol. The van der Waals surface area contributed by atoms with Crippen LogP contribution in [0.1, 0.15) is 5.56 Å². The number of aliphatic imine (C=N–C) groups is 3. The molecule has 1 saturated heterocycles. The van der Waals surface area contributed by atoms with E-state index in [2.05, 4.69) is 15.0 Å². The van der Waals surface area contributed by atoms with Crippen molar-refractivity contribution in [3.8, 4) is 5.75 Å². The van der Waals surface area contributed by atoms with Gasteiger partial charge in [0, 0.05) is 6.42 Å². The first-order valence-electron chi connectivity index (χ1n) is 8.56. The molecule has 0 saturated carbocycles. The molecular formula is C17H21N5O5. The van der Waals surface area contributed by atoms with Crippen molar-refractivity contribution in [1.29, 1.82) is 0 Å². The molecule has 0 aromatic heterocycles. The van der Waals surface area contributed by atoms with Crippen molar-refractivity contribution in [1.82, 2.24) is 4.90 Å². The van der Waals surface area contributed by atoms with Gasteiger partial charge in [-0.05, 0) is 11.6 Å². The highest BCUT2D eigenvalue weighted by Gasteiger charge is 2.50. The number of rotatable bonds is 4. The second-order valence-corrected chi connectivity index (χ2v) is 6.77. The average Bonchev–Trinajstić information content (AvgIpc) is 3.20. The van der Waals surface area contributed by atoms with Crippen LogP contribution in [0.3, 0.4) is 0 Å². The number of amidine groups is 1. The first-order chi connectivity index (χ1) is 12.9. The normalized spacial score (nSPS) is 35.2. The van der Waals surface area contributed by atoms with E-state index >= 15 is 0 Å². The number of aromatic hydroxyl groups is 1. The summed E-state index contributed by atoms with van der Waals surface area (Å²) >= 11 is 0. The van der Waals surface area contributed by atoms with E-state index in [-0.39, 0.29) is 18.8 Å². The van der Waals surface area contributed by atoms with E-state index in [0.29, 0.717) is 17.1 Å². The largest absolute Gasteiger partial charge is 0.508 e. The number of fused-ring (bicyclic) bond motifs is 1. The van der Waals surface area contributed by atoms with E-state index in [0.717, 1.165) is 0 Å². The predicted octanol–water partition coefficient (Wildman–Crippen LogP) is -1.82. The fourth-order valence-electron chi connectivity index (χ4n) is 3.55. The summed E-state index contributed by atoms with van der Waals surface area (Å²) in [6.45, 7) is -0.303. The topological polar surface area (TPSA) is 156 Å². The maximum absolute atomic E-state index is 10.3.